The molecule has 0 spiro atoms. The van der Waals surface area contributed by atoms with Gasteiger partial charge in [-0.25, -0.2) is 4.39 Å². The monoisotopic (exact) mass is 370 g/mol. The molecule has 22 heavy (non-hydrogen) atoms. The van der Waals surface area contributed by atoms with Crippen LogP contribution < -0.4 is 10.1 Å². The van der Waals surface area contributed by atoms with Gasteiger partial charge in [-0.15, -0.1) is 0 Å². The number of nitro groups is 1. The Labute approximate surface area is 133 Å². The summed E-state index contributed by atoms with van der Waals surface area (Å²) < 4.78 is 18.7. The van der Waals surface area contributed by atoms with Crippen molar-refractivity contribution < 1.29 is 14.1 Å². The Bertz CT molecular complexity index is 727. The second-order valence-corrected chi connectivity index (χ2v) is 5.21. The number of hydrogen-bond acceptors (Lipinski definition) is 6. The van der Waals surface area contributed by atoms with Gasteiger partial charge in [0.1, 0.15) is 11.5 Å². The van der Waals surface area contributed by atoms with Crippen LogP contribution in [0, 0.1) is 22.9 Å². The molecule has 0 aliphatic carbocycles. The van der Waals surface area contributed by atoms with Crippen LogP contribution in [0.15, 0.2) is 22.7 Å². The Hall–Kier alpha value is -2.29. The number of halogens is 2. The van der Waals surface area contributed by atoms with E-state index >= 15 is 0 Å². The molecule has 0 aliphatic rings. The fraction of sp³-hybridized carbons (Fsp3) is 0.231. The number of anilines is 1. The lowest BCUT2D eigenvalue weighted by Crippen LogP contribution is -2.09. The number of nitrogens with zero attached hydrogens (tertiary/aromatic N) is 3. The van der Waals surface area contributed by atoms with E-state index in [1.165, 1.54) is 20.1 Å². The second kappa shape index (κ2) is 6.65. The normalized spacial score (nSPS) is 10.4. The smallest absolute Gasteiger partial charge is 0.332 e. The lowest BCUT2D eigenvalue weighted by atomic mass is 10.2. The fourth-order valence-corrected chi connectivity index (χ4v) is 2.06. The summed E-state index contributed by atoms with van der Waals surface area (Å²) in [6, 6.07) is 4.60. The minimum Gasteiger partial charge on any atom is -0.467 e. The number of aromatic nitrogens is 2. The molecule has 2 aromatic rings. The summed E-state index contributed by atoms with van der Waals surface area (Å²) in [5, 5.41) is 13.9. The largest absolute Gasteiger partial charge is 0.467 e. The van der Waals surface area contributed by atoms with Crippen molar-refractivity contribution in [1.82, 2.24) is 9.97 Å². The number of benzene rings is 1. The van der Waals surface area contributed by atoms with E-state index in [4.69, 9.17) is 4.74 Å². The Balaban J connectivity index is 2.29. The average Bonchev–Trinajstić information content (AvgIpc) is 2.47. The summed E-state index contributed by atoms with van der Waals surface area (Å²) in [6.07, 6.45) is 0. The predicted molar refractivity (Wildman–Crippen MR) is 81.4 cm³/mol. The molecule has 0 amide bonds. The van der Waals surface area contributed by atoms with Gasteiger partial charge in [-0.2, -0.15) is 9.97 Å². The minimum atomic E-state index is -0.570. The molecule has 1 aromatic heterocycles. The molecule has 0 saturated carbocycles. The van der Waals surface area contributed by atoms with Gasteiger partial charge in [0.2, 0.25) is 5.82 Å². The van der Waals surface area contributed by atoms with Crippen LogP contribution >= 0.6 is 15.9 Å². The predicted octanol–water partition coefficient (Wildman–Crippen LogP) is 3.22. The molecule has 2 rings (SSSR count). The molecule has 0 bridgehead atoms. The van der Waals surface area contributed by atoms with Gasteiger partial charge in [-0.05, 0) is 40.5 Å². The van der Waals surface area contributed by atoms with Crippen molar-refractivity contribution in [1.29, 1.82) is 0 Å². The van der Waals surface area contributed by atoms with E-state index in [0.29, 0.717) is 10.0 Å². The van der Waals surface area contributed by atoms with Crippen LogP contribution in [0.25, 0.3) is 0 Å². The summed E-state index contributed by atoms with van der Waals surface area (Å²) >= 11 is 3.06. The number of rotatable bonds is 5. The summed E-state index contributed by atoms with van der Waals surface area (Å²) in [5.41, 5.74) is 0.560. The molecule has 7 nitrogen and oxygen atoms in total. The summed E-state index contributed by atoms with van der Waals surface area (Å²) in [6.45, 7) is 1.66. The Morgan fingerprint density at radius 1 is 1.45 bits per heavy atom. The third-order valence-electron chi connectivity index (χ3n) is 2.85. The van der Waals surface area contributed by atoms with Gasteiger partial charge >= 0.3 is 11.7 Å². The Morgan fingerprint density at radius 3 is 2.77 bits per heavy atom. The highest BCUT2D eigenvalue weighted by atomic mass is 79.9. The van der Waals surface area contributed by atoms with E-state index in [0.717, 1.165) is 0 Å². The fourth-order valence-electron chi connectivity index (χ4n) is 1.81. The molecule has 0 radical (unpaired) electrons. The third-order valence-corrected chi connectivity index (χ3v) is 3.49. The van der Waals surface area contributed by atoms with E-state index in [2.05, 4.69) is 31.2 Å². The molecule has 1 N–H and O–H groups in total. The van der Waals surface area contributed by atoms with Gasteiger partial charge < -0.3 is 10.1 Å². The summed E-state index contributed by atoms with van der Waals surface area (Å²) in [4.78, 5) is 18.4. The maximum absolute atomic E-state index is 13.5. The molecule has 1 heterocycles. The molecule has 9 heteroatoms. The van der Waals surface area contributed by atoms with Gasteiger partial charge in [0.15, 0.2) is 0 Å². The topological polar surface area (TPSA) is 90.2 Å². The SMILES string of the molecule is COc1nc(C)c([N+](=O)[O-])c(NCc2ccc(Br)c(F)c2)n1. The number of aryl methyl sites for hydroxylation is 1. The van der Waals surface area contributed by atoms with Crippen molar-refractivity contribution >= 4 is 27.4 Å². The molecule has 0 atom stereocenters. The quantitative estimate of drug-likeness (QED) is 0.641. The van der Waals surface area contributed by atoms with Crippen molar-refractivity contribution in [2.75, 3.05) is 12.4 Å². The van der Waals surface area contributed by atoms with Crippen LogP contribution in [0.5, 0.6) is 6.01 Å². The van der Waals surface area contributed by atoms with E-state index in [1.54, 1.807) is 12.1 Å². The first kappa shape index (κ1) is 16.1. The highest BCUT2D eigenvalue weighted by molar-refractivity contribution is 9.10. The van der Waals surface area contributed by atoms with Crippen molar-refractivity contribution in [2.24, 2.45) is 0 Å². The number of hydrogen-bond donors (Lipinski definition) is 1. The Kier molecular flexibility index (Phi) is 4.86. The second-order valence-electron chi connectivity index (χ2n) is 4.35. The van der Waals surface area contributed by atoms with Crippen molar-refractivity contribution in [3.05, 3.63) is 49.9 Å². The van der Waals surface area contributed by atoms with E-state index < -0.39 is 10.7 Å². The Morgan fingerprint density at radius 2 is 2.18 bits per heavy atom. The van der Waals surface area contributed by atoms with E-state index in [1.807, 2.05) is 0 Å². The first-order valence-electron chi connectivity index (χ1n) is 6.17. The van der Waals surface area contributed by atoms with Crippen molar-refractivity contribution in [3.63, 3.8) is 0 Å². The first-order valence-corrected chi connectivity index (χ1v) is 6.96. The van der Waals surface area contributed by atoms with Crippen molar-refractivity contribution in [2.45, 2.75) is 13.5 Å². The van der Waals surface area contributed by atoms with Crippen LogP contribution in [0.2, 0.25) is 0 Å². The standard InChI is InChI=1S/C13H12BrFN4O3/c1-7-11(19(20)21)12(18-13(17-7)22-2)16-6-8-3-4-9(14)10(15)5-8/h3-5H,6H2,1-2H3,(H,16,17,18). The molecule has 116 valence electrons. The summed E-state index contributed by atoms with van der Waals surface area (Å²) in [7, 11) is 1.37. The van der Waals surface area contributed by atoms with Crippen LogP contribution in [-0.2, 0) is 6.54 Å². The molecule has 1 aromatic carbocycles. The zero-order valence-corrected chi connectivity index (χ0v) is 13.3. The maximum atomic E-state index is 13.5. The van der Waals surface area contributed by atoms with Gasteiger partial charge in [-0.3, -0.25) is 10.1 Å². The number of methoxy groups -OCH3 is 1. The number of nitrogens with one attached hydrogen (secondary N) is 1. The van der Waals surface area contributed by atoms with Gasteiger partial charge in [0.05, 0.1) is 16.5 Å². The van der Waals surface area contributed by atoms with Crippen LogP contribution in [0.1, 0.15) is 11.3 Å². The lowest BCUT2D eigenvalue weighted by Gasteiger charge is -2.09. The number of ether oxygens (including phenoxy) is 1. The highest BCUT2D eigenvalue weighted by Gasteiger charge is 2.22. The first-order chi connectivity index (χ1) is 10.4. The van der Waals surface area contributed by atoms with Crippen LogP contribution in [0.4, 0.5) is 15.9 Å². The molecule has 0 fully saturated rings. The minimum absolute atomic E-state index is 0.0209. The van der Waals surface area contributed by atoms with Gasteiger partial charge in [0, 0.05) is 6.54 Å². The average molecular weight is 371 g/mol. The lowest BCUT2D eigenvalue weighted by molar-refractivity contribution is -0.385. The molecule has 0 aliphatic heterocycles. The zero-order valence-electron chi connectivity index (χ0n) is 11.8. The van der Waals surface area contributed by atoms with E-state index in [9.17, 15) is 14.5 Å². The van der Waals surface area contributed by atoms with Crippen molar-refractivity contribution in [3.8, 4) is 6.01 Å². The molecular weight excluding hydrogens is 359 g/mol. The van der Waals surface area contributed by atoms with E-state index in [-0.39, 0.29) is 29.8 Å². The summed E-state index contributed by atoms with van der Waals surface area (Å²) in [5.74, 6) is -0.386. The third kappa shape index (κ3) is 3.48. The zero-order chi connectivity index (χ0) is 16.3. The van der Waals surface area contributed by atoms with Gasteiger partial charge in [-0.1, -0.05) is 6.07 Å². The molecule has 0 saturated heterocycles. The van der Waals surface area contributed by atoms with Crippen LogP contribution in [0.3, 0.4) is 0 Å². The van der Waals surface area contributed by atoms with Gasteiger partial charge in [0.25, 0.3) is 0 Å². The maximum Gasteiger partial charge on any atom is 0.332 e. The molecule has 0 unspecified atom stereocenters. The molecular formula is C13H12BrFN4O3. The highest BCUT2D eigenvalue weighted by Crippen LogP contribution is 2.27. The van der Waals surface area contributed by atoms with Crippen LogP contribution in [-0.4, -0.2) is 22.0 Å².